The molecule has 25 heavy (non-hydrogen) atoms. The lowest BCUT2D eigenvalue weighted by Gasteiger charge is -2.11. The maximum atomic E-state index is 6.15. The van der Waals surface area contributed by atoms with Crippen LogP contribution in [0.2, 0.25) is 5.02 Å². The Balaban J connectivity index is 1.89. The number of nitrogen functional groups attached to an aromatic ring is 1. The Kier molecular flexibility index (Phi) is 3.87. The second-order valence-corrected chi connectivity index (χ2v) is 5.83. The van der Waals surface area contributed by atoms with Crippen LogP contribution in [0.15, 0.2) is 61.1 Å². The highest BCUT2D eigenvalue weighted by atomic mass is 35.5. The molecule has 0 saturated heterocycles. The monoisotopic (exact) mass is 348 g/mol. The van der Waals surface area contributed by atoms with E-state index in [4.69, 9.17) is 17.3 Å². The Labute approximate surface area is 148 Å². The number of fused-ring (bicyclic) bond motifs is 1. The Bertz CT molecular complexity index is 1050. The van der Waals surface area contributed by atoms with Gasteiger partial charge in [0.05, 0.1) is 11.7 Å². The number of nitrogens with one attached hydrogen (secondary N) is 1. The minimum Gasteiger partial charge on any atom is -0.399 e. The maximum Gasteiger partial charge on any atom is 0.182 e. The van der Waals surface area contributed by atoms with E-state index in [0.29, 0.717) is 28.0 Å². The van der Waals surface area contributed by atoms with Gasteiger partial charge in [-0.15, -0.1) is 0 Å². The van der Waals surface area contributed by atoms with Gasteiger partial charge in [0.1, 0.15) is 11.5 Å². The molecule has 2 aromatic heterocycles. The minimum atomic E-state index is 0.481. The van der Waals surface area contributed by atoms with Crippen molar-refractivity contribution in [2.24, 2.45) is 0 Å². The number of hydrogen-bond donors (Lipinski definition) is 2. The molecule has 122 valence electrons. The van der Waals surface area contributed by atoms with E-state index in [-0.39, 0.29) is 0 Å². The molecule has 0 bridgehead atoms. The van der Waals surface area contributed by atoms with Crippen LogP contribution < -0.4 is 11.1 Å². The van der Waals surface area contributed by atoms with Crippen LogP contribution in [-0.2, 0) is 0 Å². The molecule has 4 aromatic rings. The van der Waals surface area contributed by atoms with Crippen LogP contribution in [0.5, 0.6) is 0 Å². The van der Waals surface area contributed by atoms with Gasteiger partial charge in [-0.05, 0) is 36.4 Å². The van der Waals surface area contributed by atoms with E-state index in [1.807, 2.05) is 36.4 Å². The highest BCUT2D eigenvalue weighted by Gasteiger charge is 2.11. The fourth-order valence-corrected chi connectivity index (χ4v) is 2.65. The number of benzene rings is 2. The number of nitrogens with zero attached hydrogens (tertiary/aromatic N) is 4. The second-order valence-electron chi connectivity index (χ2n) is 5.40. The third-order valence-corrected chi connectivity index (χ3v) is 3.83. The van der Waals surface area contributed by atoms with Gasteiger partial charge >= 0.3 is 0 Å². The third kappa shape index (κ3) is 3.20. The van der Waals surface area contributed by atoms with Crippen LogP contribution in [0.1, 0.15) is 0 Å². The van der Waals surface area contributed by atoms with E-state index in [1.54, 1.807) is 24.7 Å². The summed E-state index contributed by atoms with van der Waals surface area (Å²) in [4.78, 5) is 17.5. The Hall–Kier alpha value is -3.25. The van der Waals surface area contributed by atoms with Crippen LogP contribution in [0.3, 0.4) is 0 Å². The average Bonchev–Trinajstić information content (AvgIpc) is 2.63. The summed E-state index contributed by atoms with van der Waals surface area (Å²) in [5, 5.41) is 4.71. The first kappa shape index (κ1) is 15.3. The standard InChI is InChI=1S/C18H13ClN6/c19-11-4-5-15-14(8-11)17(23-13-3-1-2-12(20)9-13)25-18(24-15)16-10-21-6-7-22-16/h1-10H,20H2,(H,23,24,25). The molecule has 0 spiro atoms. The quantitative estimate of drug-likeness (QED) is 0.542. The minimum absolute atomic E-state index is 0.481. The van der Waals surface area contributed by atoms with Gasteiger partial charge in [0.15, 0.2) is 5.82 Å². The van der Waals surface area contributed by atoms with Gasteiger partial charge in [-0.2, -0.15) is 0 Å². The number of aromatic nitrogens is 4. The highest BCUT2D eigenvalue weighted by molar-refractivity contribution is 6.31. The highest BCUT2D eigenvalue weighted by Crippen LogP contribution is 2.29. The normalized spacial score (nSPS) is 10.8. The van der Waals surface area contributed by atoms with E-state index in [0.717, 1.165) is 16.6 Å². The lowest BCUT2D eigenvalue weighted by Crippen LogP contribution is -2.01. The molecule has 0 amide bonds. The topological polar surface area (TPSA) is 89.6 Å². The van der Waals surface area contributed by atoms with Gasteiger partial charge in [0.25, 0.3) is 0 Å². The Morgan fingerprint density at radius 1 is 1.00 bits per heavy atom. The first-order valence-corrected chi connectivity index (χ1v) is 7.93. The van der Waals surface area contributed by atoms with Gasteiger partial charge in [0, 0.05) is 34.2 Å². The molecule has 6 nitrogen and oxygen atoms in total. The smallest absolute Gasteiger partial charge is 0.182 e. The molecule has 0 unspecified atom stereocenters. The molecule has 4 rings (SSSR count). The van der Waals surface area contributed by atoms with Gasteiger partial charge in [-0.3, -0.25) is 4.98 Å². The molecule has 3 N–H and O–H groups in total. The predicted molar refractivity (Wildman–Crippen MR) is 99.7 cm³/mol. The summed E-state index contributed by atoms with van der Waals surface area (Å²) in [7, 11) is 0. The zero-order chi connectivity index (χ0) is 17.2. The molecule has 2 aromatic carbocycles. The lowest BCUT2D eigenvalue weighted by molar-refractivity contribution is 1.13. The SMILES string of the molecule is Nc1cccc(Nc2nc(-c3cnccn3)nc3ccc(Cl)cc23)c1. The first-order valence-electron chi connectivity index (χ1n) is 7.55. The number of hydrogen-bond acceptors (Lipinski definition) is 6. The van der Waals surface area contributed by atoms with Crippen molar-refractivity contribution in [2.45, 2.75) is 0 Å². The second kappa shape index (κ2) is 6.33. The van der Waals surface area contributed by atoms with Gasteiger partial charge in [-0.25, -0.2) is 15.0 Å². The lowest BCUT2D eigenvalue weighted by atomic mass is 10.2. The fourth-order valence-electron chi connectivity index (χ4n) is 2.48. The van der Waals surface area contributed by atoms with Crippen molar-refractivity contribution in [2.75, 3.05) is 11.1 Å². The molecule has 0 atom stereocenters. The molecule has 2 heterocycles. The van der Waals surface area contributed by atoms with E-state index in [1.165, 1.54) is 0 Å². The molecule has 0 aliphatic heterocycles. The average molecular weight is 349 g/mol. The van der Waals surface area contributed by atoms with Gasteiger partial charge in [0.2, 0.25) is 0 Å². The summed E-state index contributed by atoms with van der Waals surface area (Å²) in [6.07, 6.45) is 4.84. The summed E-state index contributed by atoms with van der Waals surface area (Å²) >= 11 is 6.15. The summed E-state index contributed by atoms with van der Waals surface area (Å²) in [5.74, 6) is 1.10. The fraction of sp³-hybridized carbons (Fsp3) is 0. The molecular formula is C18H13ClN6. The zero-order valence-corrected chi connectivity index (χ0v) is 13.8. The van der Waals surface area contributed by atoms with E-state index < -0.39 is 0 Å². The van der Waals surface area contributed by atoms with Crippen molar-refractivity contribution in [3.05, 3.63) is 66.1 Å². The van der Waals surface area contributed by atoms with Crippen LogP contribution in [0.4, 0.5) is 17.2 Å². The number of anilines is 3. The largest absolute Gasteiger partial charge is 0.399 e. The van der Waals surface area contributed by atoms with Gasteiger partial charge < -0.3 is 11.1 Å². The van der Waals surface area contributed by atoms with Crippen LogP contribution in [0, 0.1) is 0 Å². The number of halogens is 1. The molecule has 0 fully saturated rings. The summed E-state index contributed by atoms with van der Waals surface area (Å²) in [6, 6.07) is 12.9. The Morgan fingerprint density at radius 2 is 1.92 bits per heavy atom. The summed E-state index contributed by atoms with van der Waals surface area (Å²) < 4.78 is 0. The number of rotatable bonds is 3. The van der Waals surface area contributed by atoms with E-state index in [2.05, 4.69) is 25.3 Å². The molecule has 0 radical (unpaired) electrons. The van der Waals surface area contributed by atoms with Crippen molar-refractivity contribution in [1.29, 1.82) is 0 Å². The molecule has 7 heteroatoms. The predicted octanol–water partition coefficient (Wildman–Crippen LogP) is 4.07. The van der Waals surface area contributed by atoms with Crippen molar-refractivity contribution in [1.82, 2.24) is 19.9 Å². The van der Waals surface area contributed by atoms with Gasteiger partial charge in [-0.1, -0.05) is 17.7 Å². The third-order valence-electron chi connectivity index (χ3n) is 3.60. The van der Waals surface area contributed by atoms with Crippen molar-refractivity contribution >= 4 is 39.7 Å². The first-order chi connectivity index (χ1) is 12.2. The maximum absolute atomic E-state index is 6.15. The van der Waals surface area contributed by atoms with Crippen molar-refractivity contribution in [3.63, 3.8) is 0 Å². The summed E-state index contributed by atoms with van der Waals surface area (Å²) in [6.45, 7) is 0. The van der Waals surface area contributed by atoms with Crippen LogP contribution >= 0.6 is 11.6 Å². The van der Waals surface area contributed by atoms with Crippen molar-refractivity contribution in [3.8, 4) is 11.5 Å². The Morgan fingerprint density at radius 3 is 2.72 bits per heavy atom. The van der Waals surface area contributed by atoms with Crippen LogP contribution in [-0.4, -0.2) is 19.9 Å². The van der Waals surface area contributed by atoms with E-state index >= 15 is 0 Å². The molecule has 0 saturated carbocycles. The molecular weight excluding hydrogens is 336 g/mol. The van der Waals surface area contributed by atoms with E-state index in [9.17, 15) is 0 Å². The zero-order valence-electron chi connectivity index (χ0n) is 13.0. The van der Waals surface area contributed by atoms with Crippen molar-refractivity contribution < 1.29 is 0 Å². The summed E-state index contributed by atoms with van der Waals surface area (Å²) in [5.41, 5.74) is 8.69. The number of nitrogens with two attached hydrogens (primary N) is 1. The molecule has 0 aliphatic rings. The molecule has 0 aliphatic carbocycles. The van der Waals surface area contributed by atoms with Crippen LogP contribution in [0.25, 0.3) is 22.4 Å².